The highest BCUT2D eigenvalue weighted by molar-refractivity contribution is 9.10. The van der Waals surface area contributed by atoms with Crippen molar-refractivity contribution in [3.05, 3.63) is 34.1 Å². The molecule has 3 nitrogen and oxygen atoms in total. The lowest BCUT2D eigenvalue weighted by Gasteiger charge is -2.36. The fourth-order valence-corrected chi connectivity index (χ4v) is 2.82. The Hall–Kier alpha value is -0.650. The number of hydrogen-bond donors (Lipinski definition) is 0. The quantitative estimate of drug-likeness (QED) is 0.767. The van der Waals surface area contributed by atoms with Crippen LogP contribution in [-0.2, 0) is 4.74 Å². The summed E-state index contributed by atoms with van der Waals surface area (Å²) < 4.78 is 19.1. The molecule has 19 heavy (non-hydrogen) atoms. The summed E-state index contributed by atoms with van der Waals surface area (Å²) in [6.45, 7) is 2.87. The number of nitrogens with zero attached hydrogens (tertiary/aromatic N) is 1. The van der Waals surface area contributed by atoms with Crippen LogP contribution < -0.4 is 0 Å². The summed E-state index contributed by atoms with van der Waals surface area (Å²) in [5.74, 6) is -0.173. The zero-order valence-corrected chi connectivity index (χ0v) is 12.7. The van der Waals surface area contributed by atoms with Gasteiger partial charge >= 0.3 is 0 Å². The summed E-state index contributed by atoms with van der Waals surface area (Å²) in [6.07, 6.45) is -0.214. The summed E-state index contributed by atoms with van der Waals surface area (Å²) in [5, 5.41) is 0. The molecule has 2 rings (SSSR count). The number of amides is 1. The van der Waals surface area contributed by atoms with Crippen molar-refractivity contribution in [2.45, 2.75) is 19.1 Å². The van der Waals surface area contributed by atoms with Crippen molar-refractivity contribution >= 4 is 33.4 Å². The van der Waals surface area contributed by atoms with Crippen molar-refractivity contribution in [3.63, 3.8) is 0 Å². The minimum absolute atomic E-state index is 0.0549. The van der Waals surface area contributed by atoms with E-state index in [1.165, 1.54) is 18.2 Å². The van der Waals surface area contributed by atoms with Crippen molar-refractivity contribution in [3.8, 4) is 0 Å². The van der Waals surface area contributed by atoms with E-state index in [9.17, 15) is 9.18 Å². The minimum Gasteiger partial charge on any atom is -0.370 e. The Morgan fingerprint density at radius 1 is 1.58 bits per heavy atom. The summed E-state index contributed by atoms with van der Waals surface area (Å²) in [6, 6.07) is 4.05. The number of ether oxygens (including phenoxy) is 1. The molecule has 104 valence electrons. The molecule has 1 aromatic rings. The fourth-order valence-electron chi connectivity index (χ4n) is 2.13. The van der Waals surface area contributed by atoms with Crippen LogP contribution in [0.5, 0.6) is 0 Å². The van der Waals surface area contributed by atoms with E-state index in [0.717, 1.165) is 0 Å². The first kappa shape index (κ1) is 14.8. The van der Waals surface area contributed by atoms with Gasteiger partial charge in [-0.3, -0.25) is 4.79 Å². The van der Waals surface area contributed by atoms with Crippen LogP contribution >= 0.6 is 27.5 Å². The molecule has 0 bridgehead atoms. The van der Waals surface area contributed by atoms with Crippen LogP contribution in [0.3, 0.4) is 0 Å². The highest BCUT2D eigenvalue weighted by Gasteiger charge is 2.29. The Bertz CT molecular complexity index is 486. The minimum atomic E-state index is -0.377. The van der Waals surface area contributed by atoms with Crippen molar-refractivity contribution in [2.75, 3.05) is 19.0 Å². The summed E-state index contributed by atoms with van der Waals surface area (Å²) in [4.78, 5) is 14.1. The Labute approximate surface area is 124 Å². The first-order chi connectivity index (χ1) is 9.01. The van der Waals surface area contributed by atoms with E-state index in [2.05, 4.69) is 15.9 Å². The molecule has 0 saturated carbocycles. The van der Waals surface area contributed by atoms with E-state index >= 15 is 0 Å². The maximum absolute atomic E-state index is 13.0. The molecule has 1 aliphatic heterocycles. The molecule has 1 heterocycles. The molecular weight excluding hydrogens is 337 g/mol. The number of benzene rings is 1. The molecule has 0 aliphatic carbocycles. The van der Waals surface area contributed by atoms with E-state index < -0.39 is 0 Å². The van der Waals surface area contributed by atoms with E-state index in [1.807, 2.05) is 6.92 Å². The van der Waals surface area contributed by atoms with Crippen molar-refractivity contribution in [2.24, 2.45) is 0 Å². The molecule has 0 aromatic heterocycles. The first-order valence-electron chi connectivity index (χ1n) is 5.97. The maximum atomic E-state index is 13.0. The van der Waals surface area contributed by atoms with Crippen LogP contribution in [0.25, 0.3) is 0 Å². The van der Waals surface area contributed by atoms with Crippen LogP contribution in [0.1, 0.15) is 17.3 Å². The lowest BCUT2D eigenvalue weighted by Crippen LogP contribution is -2.49. The fraction of sp³-hybridized carbons (Fsp3) is 0.462. The van der Waals surface area contributed by atoms with Gasteiger partial charge in [0.15, 0.2) is 0 Å². The van der Waals surface area contributed by atoms with Gasteiger partial charge in [0, 0.05) is 17.6 Å². The maximum Gasteiger partial charge on any atom is 0.255 e. The largest absolute Gasteiger partial charge is 0.370 e. The molecule has 1 aliphatic rings. The zero-order valence-electron chi connectivity index (χ0n) is 10.4. The Morgan fingerprint density at radius 3 is 2.95 bits per heavy atom. The van der Waals surface area contributed by atoms with Crippen LogP contribution in [0.2, 0.25) is 0 Å². The van der Waals surface area contributed by atoms with Gasteiger partial charge in [-0.1, -0.05) is 0 Å². The Morgan fingerprint density at radius 2 is 2.32 bits per heavy atom. The number of hydrogen-bond acceptors (Lipinski definition) is 2. The number of rotatable bonds is 2. The van der Waals surface area contributed by atoms with Gasteiger partial charge in [0.05, 0.1) is 23.7 Å². The summed E-state index contributed by atoms with van der Waals surface area (Å²) in [5.41, 5.74) is 0.448. The standard InChI is InChI=1S/C13H14BrClFNO2/c1-8-6-17(7-10(5-15)19-8)13(18)11-3-2-9(16)4-12(11)14/h2-4,8,10H,5-7H2,1H3. The van der Waals surface area contributed by atoms with Crippen LogP contribution in [0.4, 0.5) is 4.39 Å². The molecule has 1 fully saturated rings. The topological polar surface area (TPSA) is 29.5 Å². The van der Waals surface area contributed by atoms with E-state index in [-0.39, 0.29) is 23.9 Å². The van der Waals surface area contributed by atoms with E-state index in [0.29, 0.717) is 29.0 Å². The average Bonchev–Trinajstić information content (AvgIpc) is 2.37. The molecule has 0 spiro atoms. The second-order valence-corrected chi connectivity index (χ2v) is 5.72. The van der Waals surface area contributed by atoms with Gasteiger partial charge in [-0.05, 0) is 41.1 Å². The SMILES string of the molecule is CC1CN(C(=O)c2ccc(F)cc2Br)CC(CCl)O1. The number of alkyl halides is 1. The Balaban J connectivity index is 2.18. The monoisotopic (exact) mass is 349 g/mol. The van der Waals surface area contributed by atoms with E-state index in [1.54, 1.807) is 4.90 Å². The normalized spacial score (nSPS) is 23.5. The van der Waals surface area contributed by atoms with Crippen molar-refractivity contribution in [1.82, 2.24) is 4.90 Å². The molecular formula is C13H14BrClFNO2. The van der Waals surface area contributed by atoms with Gasteiger partial charge in [-0.2, -0.15) is 0 Å². The van der Waals surface area contributed by atoms with Crippen molar-refractivity contribution < 1.29 is 13.9 Å². The third kappa shape index (κ3) is 3.46. The third-order valence-electron chi connectivity index (χ3n) is 2.95. The smallest absolute Gasteiger partial charge is 0.255 e. The number of halogens is 3. The molecule has 1 amide bonds. The molecule has 1 saturated heterocycles. The van der Waals surface area contributed by atoms with Gasteiger partial charge in [0.1, 0.15) is 5.82 Å². The van der Waals surface area contributed by atoms with Gasteiger partial charge < -0.3 is 9.64 Å². The molecule has 2 unspecified atom stereocenters. The average molecular weight is 351 g/mol. The van der Waals surface area contributed by atoms with Gasteiger partial charge in [0.2, 0.25) is 0 Å². The van der Waals surface area contributed by atoms with Crippen LogP contribution in [-0.4, -0.2) is 42.0 Å². The second kappa shape index (κ2) is 6.20. The summed E-state index contributed by atoms with van der Waals surface area (Å²) >= 11 is 9.01. The number of carbonyl (C=O) groups is 1. The zero-order chi connectivity index (χ0) is 14.0. The predicted octanol–water partition coefficient (Wildman–Crippen LogP) is 3.06. The first-order valence-corrected chi connectivity index (χ1v) is 7.29. The third-order valence-corrected chi connectivity index (χ3v) is 3.95. The predicted molar refractivity (Wildman–Crippen MR) is 75.1 cm³/mol. The van der Waals surface area contributed by atoms with Gasteiger partial charge in [-0.15, -0.1) is 11.6 Å². The number of carbonyl (C=O) groups excluding carboxylic acids is 1. The number of morpholine rings is 1. The van der Waals surface area contributed by atoms with Crippen LogP contribution in [0, 0.1) is 5.82 Å². The van der Waals surface area contributed by atoms with Gasteiger partial charge in [-0.25, -0.2) is 4.39 Å². The molecule has 1 aromatic carbocycles. The van der Waals surface area contributed by atoms with Crippen LogP contribution in [0.15, 0.2) is 22.7 Å². The van der Waals surface area contributed by atoms with Crippen molar-refractivity contribution in [1.29, 1.82) is 0 Å². The second-order valence-electron chi connectivity index (χ2n) is 4.56. The molecule has 0 radical (unpaired) electrons. The van der Waals surface area contributed by atoms with E-state index in [4.69, 9.17) is 16.3 Å². The Kier molecular flexibility index (Phi) is 4.81. The highest BCUT2D eigenvalue weighted by atomic mass is 79.9. The molecule has 6 heteroatoms. The highest BCUT2D eigenvalue weighted by Crippen LogP contribution is 2.22. The lowest BCUT2D eigenvalue weighted by molar-refractivity contribution is -0.0570. The summed E-state index contributed by atoms with van der Waals surface area (Å²) in [7, 11) is 0. The van der Waals surface area contributed by atoms with Gasteiger partial charge in [0.25, 0.3) is 5.91 Å². The lowest BCUT2D eigenvalue weighted by atomic mass is 10.1. The molecule has 0 N–H and O–H groups in total. The molecule has 2 atom stereocenters.